The highest BCUT2D eigenvalue weighted by atomic mass is 35.5. The minimum absolute atomic E-state index is 0.179. The van der Waals surface area contributed by atoms with Gasteiger partial charge in [0.1, 0.15) is 0 Å². The van der Waals surface area contributed by atoms with Crippen molar-refractivity contribution < 1.29 is 0 Å². The van der Waals surface area contributed by atoms with Gasteiger partial charge >= 0.3 is 0 Å². The highest BCUT2D eigenvalue weighted by Gasteiger charge is 2.16. The maximum absolute atomic E-state index is 6.42. The Morgan fingerprint density at radius 1 is 1.30 bits per heavy atom. The van der Waals surface area contributed by atoms with Crippen LogP contribution in [0.25, 0.3) is 0 Å². The number of nitrogens with zero attached hydrogens (tertiary/aromatic N) is 2. The van der Waals surface area contributed by atoms with Gasteiger partial charge in [-0.05, 0) is 45.0 Å². The zero-order chi connectivity index (χ0) is 14.7. The molecular formula is C16H22ClN3. The normalized spacial score (nSPS) is 12.9. The SMILES string of the molecule is CNC(Cc1ccn(C(C)C)n1)c1cccc(C)c1Cl. The molecule has 1 N–H and O–H groups in total. The maximum Gasteiger partial charge on any atom is 0.0643 e. The van der Waals surface area contributed by atoms with Crippen LogP contribution in [0.4, 0.5) is 0 Å². The van der Waals surface area contributed by atoms with Crippen molar-refractivity contribution in [2.24, 2.45) is 0 Å². The van der Waals surface area contributed by atoms with E-state index in [1.165, 1.54) is 0 Å². The molecule has 0 saturated carbocycles. The van der Waals surface area contributed by atoms with E-state index in [0.29, 0.717) is 6.04 Å². The Morgan fingerprint density at radius 3 is 2.65 bits per heavy atom. The highest BCUT2D eigenvalue weighted by molar-refractivity contribution is 6.32. The summed E-state index contributed by atoms with van der Waals surface area (Å²) in [6, 6.07) is 8.81. The molecule has 0 spiro atoms. The lowest BCUT2D eigenvalue weighted by atomic mass is 10.0. The fraction of sp³-hybridized carbons (Fsp3) is 0.438. The van der Waals surface area contributed by atoms with Crippen molar-refractivity contribution in [2.45, 2.75) is 39.3 Å². The zero-order valence-corrected chi connectivity index (χ0v) is 13.3. The maximum atomic E-state index is 6.42. The predicted octanol–water partition coefficient (Wildman–Crippen LogP) is 3.93. The van der Waals surface area contributed by atoms with Crippen LogP contribution in [-0.4, -0.2) is 16.8 Å². The molecule has 0 radical (unpaired) electrons. The molecule has 20 heavy (non-hydrogen) atoms. The summed E-state index contributed by atoms with van der Waals surface area (Å²) in [5.74, 6) is 0. The summed E-state index contributed by atoms with van der Waals surface area (Å²) >= 11 is 6.42. The van der Waals surface area contributed by atoms with Gasteiger partial charge in [-0.25, -0.2) is 0 Å². The Kier molecular flexibility index (Phi) is 4.84. The highest BCUT2D eigenvalue weighted by Crippen LogP contribution is 2.28. The third-order valence-corrected chi connectivity index (χ3v) is 4.07. The van der Waals surface area contributed by atoms with Gasteiger partial charge in [-0.2, -0.15) is 5.10 Å². The standard InChI is InChI=1S/C16H22ClN3/c1-11(2)20-9-8-13(19-20)10-15(18-4)14-7-5-6-12(3)16(14)17/h5-9,11,15,18H,10H2,1-4H3. The van der Waals surface area contributed by atoms with Crippen molar-refractivity contribution in [3.8, 4) is 0 Å². The zero-order valence-electron chi connectivity index (χ0n) is 12.5. The van der Waals surface area contributed by atoms with Gasteiger partial charge in [-0.1, -0.05) is 29.8 Å². The summed E-state index contributed by atoms with van der Waals surface area (Å²) in [6.07, 6.45) is 2.87. The van der Waals surface area contributed by atoms with Crippen LogP contribution in [-0.2, 0) is 6.42 Å². The molecule has 1 heterocycles. The van der Waals surface area contributed by atoms with E-state index in [4.69, 9.17) is 11.6 Å². The Balaban J connectivity index is 2.22. The molecule has 3 nitrogen and oxygen atoms in total. The molecule has 0 saturated heterocycles. The number of hydrogen-bond acceptors (Lipinski definition) is 2. The summed E-state index contributed by atoms with van der Waals surface area (Å²) in [5.41, 5.74) is 3.32. The first-order valence-corrected chi connectivity index (χ1v) is 7.37. The van der Waals surface area contributed by atoms with Crippen molar-refractivity contribution in [2.75, 3.05) is 7.05 Å². The van der Waals surface area contributed by atoms with E-state index < -0.39 is 0 Å². The average molecular weight is 292 g/mol. The third-order valence-electron chi connectivity index (χ3n) is 3.55. The molecule has 1 aromatic carbocycles. The first-order valence-electron chi connectivity index (χ1n) is 6.99. The second-order valence-electron chi connectivity index (χ2n) is 5.40. The van der Waals surface area contributed by atoms with Gasteiger partial charge < -0.3 is 5.32 Å². The Labute approximate surface area is 126 Å². The number of benzene rings is 1. The summed E-state index contributed by atoms with van der Waals surface area (Å²) in [6.45, 7) is 6.29. The molecule has 0 aliphatic rings. The fourth-order valence-electron chi connectivity index (χ4n) is 2.29. The van der Waals surface area contributed by atoms with Crippen LogP contribution in [0.15, 0.2) is 30.5 Å². The Bertz CT molecular complexity index is 575. The largest absolute Gasteiger partial charge is 0.313 e. The number of aromatic nitrogens is 2. The van der Waals surface area contributed by atoms with Gasteiger partial charge in [-0.15, -0.1) is 0 Å². The van der Waals surface area contributed by atoms with Crippen LogP contribution in [0.3, 0.4) is 0 Å². The quantitative estimate of drug-likeness (QED) is 0.904. The molecule has 0 amide bonds. The van der Waals surface area contributed by atoms with Crippen LogP contribution in [0, 0.1) is 6.92 Å². The second-order valence-corrected chi connectivity index (χ2v) is 5.78. The molecule has 1 atom stereocenters. The topological polar surface area (TPSA) is 29.9 Å². The molecule has 0 aliphatic heterocycles. The van der Waals surface area contributed by atoms with Crippen LogP contribution < -0.4 is 5.32 Å². The van der Waals surface area contributed by atoms with Gasteiger partial charge in [0, 0.05) is 29.7 Å². The fourth-order valence-corrected chi connectivity index (χ4v) is 2.55. The molecule has 1 aromatic heterocycles. The Hall–Kier alpha value is -1.32. The van der Waals surface area contributed by atoms with Crippen LogP contribution in [0.2, 0.25) is 5.02 Å². The molecule has 4 heteroatoms. The minimum atomic E-state index is 0.179. The number of halogens is 1. The molecule has 0 bridgehead atoms. The molecule has 2 rings (SSSR count). The lowest BCUT2D eigenvalue weighted by Gasteiger charge is -2.18. The van der Waals surface area contributed by atoms with Crippen molar-refractivity contribution >= 4 is 11.6 Å². The number of aryl methyl sites for hydroxylation is 1. The second kappa shape index (κ2) is 6.42. The van der Waals surface area contributed by atoms with E-state index in [1.54, 1.807) is 0 Å². The Morgan fingerprint density at radius 2 is 2.05 bits per heavy atom. The number of rotatable bonds is 5. The first-order chi connectivity index (χ1) is 9.52. The minimum Gasteiger partial charge on any atom is -0.313 e. The van der Waals surface area contributed by atoms with Crippen molar-refractivity contribution in [3.63, 3.8) is 0 Å². The lowest BCUT2D eigenvalue weighted by molar-refractivity contribution is 0.515. The molecule has 0 aliphatic carbocycles. The first kappa shape index (κ1) is 15.1. The van der Waals surface area contributed by atoms with Gasteiger partial charge in [0.05, 0.1) is 5.69 Å². The van der Waals surface area contributed by atoms with Gasteiger partial charge in [0.2, 0.25) is 0 Å². The summed E-state index contributed by atoms with van der Waals surface area (Å²) in [4.78, 5) is 0. The van der Waals surface area contributed by atoms with E-state index in [1.807, 2.05) is 37.0 Å². The van der Waals surface area contributed by atoms with E-state index in [2.05, 4.69) is 36.4 Å². The van der Waals surface area contributed by atoms with Gasteiger partial charge in [0.15, 0.2) is 0 Å². The van der Waals surface area contributed by atoms with E-state index in [-0.39, 0.29) is 6.04 Å². The average Bonchev–Trinajstić information content (AvgIpc) is 2.88. The van der Waals surface area contributed by atoms with E-state index >= 15 is 0 Å². The van der Waals surface area contributed by atoms with Gasteiger partial charge in [0.25, 0.3) is 0 Å². The molecule has 1 unspecified atom stereocenters. The molecule has 0 fully saturated rings. The van der Waals surface area contributed by atoms with Gasteiger partial charge in [-0.3, -0.25) is 4.68 Å². The van der Waals surface area contributed by atoms with Crippen LogP contribution >= 0.6 is 11.6 Å². The number of likely N-dealkylation sites (N-methyl/N-ethyl adjacent to an activating group) is 1. The molecule has 2 aromatic rings. The smallest absolute Gasteiger partial charge is 0.0643 e. The molecule has 108 valence electrons. The monoisotopic (exact) mass is 291 g/mol. The van der Waals surface area contributed by atoms with Crippen molar-refractivity contribution in [3.05, 3.63) is 52.3 Å². The van der Waals surface area contributed by atoms with Crippen LogP contribution in [0.5, 0.6) is 0 Å². The van der Waals surface area contributed by atoms with Crippen LogP contribution in [0.1, 0.15) is 42.8 Å². The van der Waals surface area contributed by atoms with E-state index in [9.17, 15) is 0 Å². The number of nitrogens with one attached hydrogen (secondary N) is 1. The summed E-state index contributed by atoms with van der Waals surface area (Å²) < 4.78 is 1.99. The summed E-state index contributed by atoms with van der Waals surface area (Å²) in [7, 11) is 1.96. The number of hydrogen-bond donors (Lipinski definition) is 1. The van der Waals surface area contributed by atoms with Crippen molar-refractivity contribution in [1.29, 1.82) is 0 Å². The molecular weight excluding hydrogens is 270 g/mol. The third kappa shape index (κ3) is 3.22. The van der Waals surface area contributed by atoms with E-state index in [0.717, 1.165) is 28.3 Å². The predicted molar refractivity (Wildman–Crippen MR) is 84.3 cm³/mol. The van der Waals surface area contributed by atoms with Crippen molar-refractivity contribution in [1.82, 2.24) is 15.1 Å². The lowest BCUT2D eigenvalue weighted by Crippen LogP contribution is -2.20. The summed E-state index contributed by atoms with van der Waals surface area (Å²) in [5, 5.41) is 8.79.